The molecular formula is C12H16BrNO2S. The van der Waals surface area contributed by atoms with Gasteiger partial charge in [-0.25, -0.2) is 0 Å². The molecule has 2 atom stereocenters. The van der Waals surface area contributed by atoms with E-state index in [0.717, 1.165) is 33.5 Å². The monoisotopic (exact) mass is 317 g/mol. The summed E-state index contributed by atoms with van der Waals surface area (Å²) in [5.41, 5.74) is 1.11. The van der Waals surface area contributed by atoms with Gasteiger partial charge >= 0.3 is 0 Å². The van der Waals surface area contributed by atoms with Crippen LogP contribution in [0.2, 0.25) is 0 Å². The Hall–Kier alpha value is -0.390. The van der Waals surface area contributed by atoms with Crippen LogP contribution in [0.4, 0.5) is 0 Å². The molecule has 1 aromatic heterocycles. The summed E-state index contributed by atoms with van der Waals surface area (Å²) in [7, 11) is 1.71. The van der Waals surface area contributed by atoms with Crippen molar-refractivity contribution < 1.29 is 9.53 Å². The fraction of sp³-hybridized carbons (Fsp3) is 0.583. The standard InChI is InChI=1S/C12H16BrNO2S/c1-7-6-10(17-11(7)13)12(15)14-8-4-3-5-9(8)16-2/h6,8-9H,3-5H2,1-2H3,(H,14,15). The van der Waals surface area contributed by atoms with Gasteiger partial charge in [0.15, 0.2) is 0 Å². The van der Waals surface area contributed by atoms with Crippen LogP contribution in [0.15, 0.2) is 9.85 Å². The van der Waals surface area contributed by atoms with Crippen molar-refractivity contribution in [3.63, 3.8) is 0 Å². The Bertz CT molecular complexity index is 399. The van der Waals surface area contributed by atoms with E-state index in [4.69, 9.17) is 4.74 Å². The molecule has 0 saturated heterocycles. The Labute approximate surface area is 114 Å². The van der Waals surface area contributed by atoms with Crippen LogP contribution in [-0.4, -0.2) is 25.2 Å². The molecule has 94 valence electrons. The van der Waals surface area contributed by atoms with E-state index in [2.05, 4.69) is 21.2 Å². The van der Waals surface area contributed by atoms with Gasteiger partial charge in [-0.2, -0.15) is 0 Å². The van der Waals surface area contributed by atoms with E-state index in [1.165, 1.54) is 11.3 Å². The summed E-state index contributed by atoms with van der Waals surface area (Å²) in [6, 6.07) is 2.08. The molecule has 1 aromatic rings. The SMILES string of the molecule is COC1CCCC1NC(=O)c1cc(C)c(Br)s1. The van der Waals surface area contributed by atoms with Gasteiger partial charge in [-0.15, -0.1) is 11.3 Å². The number of carbonyl (C=O) groups excluding carboxylic acids is 1. The summed E-state index contributed by atoms with van der Waals surface area (Å²) in [5, 5.41) is 3.06. The number of methoxy groups -OCH3 is 1. The number of carbonyl (C=O) groups is 1. The Morgan fingerprint density at radius 2 is 2.35 bits per heavy atom. The van der Waals surface area contributed by atoms with Gasteiger partial charge in [0.2, 0.25) is 0 Å². The molecule has 5 heteroatoms. The second-order valence-corrected chi connectivity index (χ2v) is 6.72. The van der Waals surface area contributed by atoms with Crippen LogP contribution in [0.1, 0.15) is 34.5 Å². The zero-order valence-corrected chi connectivity index (χ0v) is 12.4. The first-order chi connectivity index (χ1) is 8.11. The number of ether oxygens (including phenoxy) is 1. The third kappa shape index (κ3) is 2.89. The Morgan fingerprint density at radius 1 is 1.59 bits per heavy atom. The quantitative estimate of drug-likeness (QED) is 0.930. The molecule has 1 saturated carbocycles. The second kappa shape index (κ2) is 5.50. The van der Waals surface area contributed by atoms with E-state index >= 15 is 0 Å². The number of amides is 1. The molecule has 0 spiro atoms. The fourth-order valence-electron chi connectivity index (χ4n) is 2.18. The summed E-state index contributed by atoms with van der Waals surface area (Å²) in [4.78, 5) is 12.8. The summed E-state index contributed by atoms with van der Waals surface area (Å²) in [6.45, 7) is 1.99. The van der Waals surface area contributed by atoms with Crippen molar-refractivity contribution in [3.8, 4) is 0 Å². The van der Waals surface area contributed by atoms with Crippen LogP contribution in [0.5, 0.6) is 0 Å². The molecule has 1 amide bonds. The van der Waals surface area contributed by atoms with Crippen molar-refractivity contribution in [1.29, 1.82) is 0 Å². The Balaban J connectivity index is 2.01. The van der Waals surface area contributed by atoms with E-state index in [-0.39, 0.29) is 18.1 Å². The second-order valence-electron chi connectivity index (χ2n) is 4.35. The smallest absolute Gasteiger partial charge is 0.261 e. The molecule has 1 N–H and O–H groups in total. The van der Waals surface area contributed by atoms with E-state index < -0.39 is 0 Å². The minimum Gasteiger partial charge on any atom is -0.379 e. The highest BCUT2D eigenvalue weighted by Gasteiger charge is 2.29. The minimum absolute atomic E-state index is 0.0118. The maximum atomic E-state index is 12.1. The maximum Gasteiger partial charge on any atom is 0.261 e. The average Bonchev–Trinajstić information content (AvgIpc) is 2.86. The first-order valence-corrected chi connectivity index (χ1v) is 7.32. The highest BCUT2D eigenvalue weighted by Crippen LogP contribution is 2.28. The summed E-state index contributed by atoms with van der Waals surface area (Å²) >= 11 is 4.91. The molecule has 17 heavy (non-hydrogen) atoms. The molecule has 0 radical (unpaired) electrons. The van der Waals surface area contributed by atoms with Crippen molar-refractivity contribution in [3.05, 3.63) is 20.3 Å². The van der Waals surface area contributed by atoms with E-state index in [9.17, 15) is 4.79 Å². The zero-order valence-electron chi connectivity index (χ0n) is 9.96. The number of nitrogens with one attached hydrogen (secondary N) is 1. The van der Waals surface area contributed by atoms with E-state index in [0.29, 0.717) is 0 Å². The van der Waals surface area contributed by atoms with Gasteiger partial charge < -0.3 is 10.1 Å². The molecule has 1 heterocycles. The lowest BCUT2D eigenvalue weighted by atomic mass is 10.2. The number of rotatable bonds is 3. The van der Waals surface area contributed by atoms with Crippen LogP contribution in [0.25, 0.3) is 0 Å². The van der Waals surface area contributed by atoms with Gasteiger partial charge in [0.05, 0.1) is 20.8 Å². The predicted molar refractivity (Wildman–Crippen MR) is 72.7 cm³/mol. The lowest BCUT2D eigenvalue weighted by Crippen LogP contribution is -2.40. The maximum absolute atomic E-state index is 12.1. The highest BCUT2D eigenvalue weighted by molar-refractivity contribution is 9.11. The number of thiophene rings is 1. The number of hydrogen-bond acceptors (Lipinski definition) is 3. The van der Waals surface area contributed by atoms with Crippen molar-refractivity contribution in [2.75, 3.05) is 7.11 Å². The normalized spacial score (nSPS) is 23.9. The molecule has 2 unspecified atom stereocenters. The summed E-state index contributed by atoms with van der Waals surface area (Å²) < 4.78 is 6.39. The average molecular weight is 318 g/mol. The summed E-state index contributed by atoms with van der Waals surface area (Å²) in [6.07, 6.45) is 3.34. The molecule has 1 fully saturated rings. The molecule has 0 aromatic carbocycles. The number of aryl methyl sites for hydroxylation is 1. The van der Waals surface area contributed by atoms with E-state index in [1.807, 2.05) is 13.0 Å². The molecule has 1 aliphatic rings. The largest absolute Gasteiger partial charge is 0.379 e. The van der Waals surface area contributed by atoms with Gasteiger partial charge in [0.1, 0.15) is 0 Å². The predicted octanol–water partition coefficient (Wildman–Crippen LogP) is 3.12. The summed E-state index contributed by atoms with van der Waals surface area (Å²) in [5.74, 6) is 0.0118. The lowest BCUT2D eigenvalue weighted by Gasteiger charge is -2.19. The third-order valence-corrected chi connectivity index (χ3v) is 5.29. The fourth-order valence-corrected chi connectivity index (χ4v) is 3.62. The van der Waals surface area contributed by atoms with Crippen molar-refractivity contribution in [2.45, 2.75) is 38.3 Å². The molecule has 3 nitrogen and oxygen atoms in total. The topological polar surface area (TPSA) is 38.3 Å². The Morgan fingerprint density at radius 3 is 2.94 bits per heavy atom. The molecule has 1 aliphatic carbocycles. The molecule has 0 bridgehead atoms. The van der Waals surface area contributed by atoms with Gasteiger partial charge in [0.25, 0.3) is 5.91 Å². The van der Waals surface area contributed by atoms with Gasteiger partial charge in [-0.1, -0.05) is 0 Å². The van der Waals surface area contributed by atoms with Crippen LogP contribution in [-0.2, 0) is 4.74 Å². The van der Waals surface area contributed by atoms with Crippen molar-refractivity contribution >= 4 is 33.2 Å². The first-order valence-electron chi connectivity index (χ1n) is 5.71. The molecule has 0 aliphatic heterocycles. The lowest BCUT2D eigenvalue weighted by molar-refractivity contribution is 0.0724. The molecule has 2 rings (SSSR count). The van der Waals surface area contributed by atoms with Gasteiger partial charge in [-0.05, 0) is 53.7 Å². The highest BCUT2D eigenvalue weighted by atomic mass is 79.9. The van der Waals surface area contributed by atoms with Crippen molar-refractivity contribution in [2.24, 2.45) is 0 Å². The number of hydrogen-bond donors (Lipinski definition) is 1. The first kappa shape index (κ1) is 13.1. The van der Waals surface area contributed by atoms with Gasteiger partial charge in [0, 0.05) is 7.11 Å². The van der Waals surface area contributed by atoms with Gasteiger partial charge in [-0.3, -0.25) is 4.79 Å². The third-order valence-electron chi connectivity index (χ3n) is 3.15. The minimum atomic E-state index is 0.0118. The van der Waals surface area contributed by atoms with Crippen LogP contribution < -0.4 is 5.32 Å². The number of halogens is 1. The van der Waals surface area contributed by atoms with E-state index in [1.54, 1.807) is 7.11 Å². The van der Waals surface area contributed by atoms with Crippen molar-refractivity contribution in [1.82, 2.24) is 5.32 Å². The van der Waals surface area contributed by atoms with Crippen LogP contribution in [0.3, 0.4) is 0 Å². The van der Waals surface area contributed by atoms with Crippen LogP contribution >= 0.6 is 27.3 Å². The Kier molecular flexibility index (Phi) is 4.22. The zero-order chi connectivity index (χ0) is 12.4. The molecular weight excluding hydrogens is 302 g/mol. The van der Waals surface area contributed by atoms with Crippen LogP contribution in [0, 0.1) is 6.92 Å².